The van der Waals surface area contributed by atoms with Gasteiger partial charge in [0.05, 0.1) is 10.2 Å². The molecule has 7 nitrogen and oxygen atoms in total. The highest BCUT2D eigenvalue weighted by atomic mass is 32.1. The van der Waals surface area contributed by atoms with Gasteiger partial charge in [0.1, 0.15) is 0 Å². The molecule has 1 N–H and O–H groups in total. The van der Waals surface area contributed by atoms with Crippen molar-refractivity contribution >= 4 is 38.4 Å². The third kappa shape index (κ3) is 2.09. The van der Waals surface area contributed by atoms with Crippen LogP contribution in [0.3, 0.4) is 0 Å². The van der Waals surface area contributed by atoms with E-state index in [0.29, 0.717) is 10.9 Å². The molecule has 4 aromatic rings. The van der Waals surface area contributed by atoms with Crippen LogP contribution in [0.2, 0.25) is 0 Å². The highest BCUT2D eigenvalue weighted by molar-refractivity contribution is 7.22. The van der Waals surface area contributed by atoms with E-state index in [2.05, 4.69) is 25.4 Å². The second-order valence-electron chi connectivity index (χ2n) is 4.69. The van der Waals surface area contributed by atoms with Crippen molar-refractivity contribution in [3.8, 4) is 0 Å². The molecule has 0 radical (unpaired) electrons. The largest absolute Gasteiger partial charge is 0.297 e. The summed E-state index contributed by atoms with van der Waals surface area (Å²) in [6.45, 7) is 1.99. The highest BCUT2D eigenvalue weighted by Gasteiger charge is 2.15. The number of nitrogens with zero attached hydrogens (tertiary/aromatic N) is 5. The van der Waals surface area contributed by atoms with Gasteiger partial charge in [-0.2, -0.15) is 4.98 Å². The minimum atomic E-state index is -0.401. The van der Waals surface area contributed by atoms with Crippen molar-refractivity contribution in [1.29, 1.82) is 0 Å². The van der Waals surface area contributed by atoms with Crippen LogP contribution in [0.4, 0.5) is 5.13 Å². The summed E-state index contributed by atoms with van der Waals surface area (Å²) in [6.07, 6.45) is 3.29. The van der Waals surface area contributed by atoms with Gasteiger partial charge in [-0.3, -0.25) is 10.1 Å². The number of benzene rings is 1. The van der Waals surface area contributed by atoms with Crippen LogP contribution in [-0.4, -0.2) is 30.5 Å². The molecule has 8 heteroatoms. The van der Waals surface area contributed by atoms with E-state index in [-0.39, 0.29) is 5.82 Å². The second-order valence-corrected chi connectivity index (χ2v) is 5.73. The number of rotatable bonds is 2. The third-order valence-corrected chi connectivity index (χ3v) is 4.10. The Morgan fingerprint density at radius 2 is 2.18 bits per heavy atom. The first-order chi connectivity index (χ1) is 10.7. The Bertz CT molecular complexity index is 972. The Hall–Kier alpha value is -2.87. The Balaban J connectivity index is 1.66. The van der Waals surface area contributed by atoms with Gasteiger partial charge in [0.25, 0.3) is 11.7 Å². The average Bonchev–Trinajstić information content (AvgIpc) is 3.11. The van der Waals surface area contributed by atoms with Crippen molar-refractivity contribution in [1.82, 2.24) is 24.6 Å². The summed E-state index contributed by atoms with van der Waals surface area (Å²) in [7, 11) is 0. The van der Waals surface area contributed by atoms with E-state index in [1.165, 1.54) is 15.9 Å². The van der Waals surface area contributed by atoms with Crippen molar-refractivity contribution < 1.29 is 4.79 Å². The Morgan fingerprint density at radius 3 is 3.00 bits per heavy atom. The van der Waals surface area contributed by atoms with Crippen LogP contribution in [0.1, 0.15) is 16.2 Å². The van der Waals surface area contributed by atoms with Crippen molar-refractivity contribution in [2.45, 2.75) is 6.92 Å². The van der Waals surface area contributed by atoms with Gasteiger partial charge in [-0.1, -0.05) is 23.5 Å². The summed E-state index contributed by atoms with van der Waals surface area (Å²) in [6, 6.07) is 7.65. The SMILES string of the molecule is Cc1cccc2sc(NC(=O)c3nc4ncccn4n3)nc12. The van der Waals surface area contributed by atoms with E-state index in [9.17, 15) is 4.79 Å². The van der Waals surface area contributed by atoms with Gasteiger partial charge in [0.15, 0.2) is 5.13 Å². The van der Waals surface area contributed by atoms with Crippen molar-refractivity contribution in [3.63, 3.8) is 0 Å². The maximum atomic E-state index is 12.2. The fourth-order valence-electron chi connectivity index (χ4n) is 2.12. The normalized spacial score (nSPS) is 11.1. The number of hydrogen-bond donors (Lipinski definition) is 1. The maximum absolute atomic E-state index is 12.2. The van der Waals surface area contributed by atoms with Crippen LogP contribution in [0.25, 0.3) is 16.0 Å². The molecule has 0 aliphatic heterocycles. The summed E-state index contributed by atoms with van der Waals surface area (Å²) in [5.41, 5.74) is 1.97. The van der Waals surface area contributed by atoms with Crippen LogP contribution in [0, 0.1) is 6.92 Å². The van der Waals surface area contributed by atoms with E-state index < -0.39 is 5.91 Å². The maximum Gasteiger partial charge on any atom is 0.297 e. The Morgan fingerprint density at radius 1 is 1.27 bits per heavy atom. The highest BCUT2D eigenvalue weighted by Crippen LogP contribution is 2.27. The van der Waals surface area contributed by atoms with Gasteiger partial charge in [-0.25, -0.2) is 14.5 Å². The predicted octanol–water partition coefficient (Wildman–Crippen LogP) is 2.29. The van der Waals surface area contributed by atoms with Gasteiger partial charge >= 0.3 is 0 Å². The minimum absolute atomic E-state index is 0.0645. The summed E-state index contributed by atoms with van der Waals surface area (Å²) in [5.74, 6) is 0.0460. The van der Waals surface area contributed by atoms with Crippen LogP contribution < -0.4 is 5.32 Å². The molecule has 4 rings (SSSR count). The fourth-order valence-corrected chi connectivity index (χ4v) is 3.06. The third-order valence-electron chi connectivity index (χ3n) is 3.16. The van der Waals surface area contributed by atoms with Crippen LogP contribution >= 0.6 is 11.3 Å². The molecule has 0 aliphatic rings. The molecular formula is C14H10N6OS. The lowest BCUT2D eigenvalue weighted by Crippen LogP contribution is -2.13. The first kappa shape index (κ1) is 12.8. The van der Waals surface area contributed by atoms with E-state index in [1.54, 1.807) is 18.5 Å². The molecule has 0 aliphatic carbocycles. The van der Waals surface area contributed by atoms with Gasteiger partial charge < -0.3 is 0 Å². The standard InChI is InChI=1S/C14H10N6OS/c1-8-4-2-5-9-10(8)16-14(22-9)18-12(21)11-17-13-15-6-3-7-20(13)19-11/h2-7H,1H3,(H,16,18,21). The number of carbonyl (C=O) groups excluding carboxylic acids is 1. The molecule has 0 atom stereocenters. The van der Waals surface area contributed by atoms with Gasteiger partial charge in [0, 0.05) is 12.4 Å². The van der Waals surface area contributed by atoms with E-state index in [1.807, 2.05) is 25.1 Å². The number of amides is 1. The number of para-hydroxylation sites is 1. The summed E-state index contributed by atoms with van der Waals surface area (Å²) >= 11 is 1.42. The molecule has 0 unspecified atom stereocenters. The lowest BCUT2D eigenvalue weighted by molar-refractivity contribution is 0.101. The lowest BCUT2D eigenvalue weighted by atomic mass is 10.2. The van der Waals surface area contributed by atoms with Gasteiger partial charge in [-0.05, 0) is 24.6 Å². The molecule has 3 aromatic heterocycles. The fraction of sp³-hybridized carbons (Fsp3) is 0.0714. The molecule has 0 saturated heterocycles. The number of nitrogens with one attached hydrogen (secondary N) is 1. The summed E-state index contributed by atoms with van der Waals surface area (Å²) in [4.78, 5) is 24.8. The lowest BCUT2D eigenvalue weighted by Gasteiger charge is -1.95. The number of aromatic nitrogens is 5. The van der Waals surface area contributed by atoms with E-state index >= 15 is 0 Å². The van der Waals surface area contributed by atoms with Crippen molar-refractivity contribution in [3.05, 3.63) is 48.0 Å². The number of aryl methyl sites for hydroxylation is 1. The zero-order valence-electron chi connectivity index (χ0n) is 11.5. The van der Waals surface area contributed by atoms with Crippen LogP contribution in [0.15, 0.2) is 36.7 Å². The van der Waals surface area contributed by atoms with Gasteiger partial charge in [-0.15, -0.1) is 5.10 Å². The molecule has 0 bridgehead atoms. The first-order valence-corrected chi connectivity index (χ1v) is 7.37. The monoisotopic (exact) mass is 310 g/mol. The topological polar surface area (TPSA) is 85.1 Å². The van der Waals surface area contributed by atoms with E-state index in [4.69, 9.17) is 0 Å². The Kier molecular flexibility index (Phi) is 2.83. The smallest absolute Gasteiger partial charge is 0.295 e. The van der Waals surface area contributed by atoms with Gasteiger partial charge in [0.2, 0.25) is 5.82 Å². The van der Waals surface area contributed by atoms with Crippen molar-refractivity contribution in [2.75, 3.05) is 5.32 Å². The Labute approximate surface area is 128 Å². The van der Waals surface area contributed by atoms with E-state index in [0.717, 1.165) is 15.8 Å². The first-order valence-electron chi connectivity index (χ1n) is 6.55. The average molecular weight is 310 g/mol. The summed E-state index contributed by atoms with van der Waals surface area (Å²) < 4.78 is 2.48. The minimum Gasteiger partial charge on any atom is -0.295 e. The number of fused-ring (bicyclic) bond motifs is 2. The predicted molar refractivity (Wildman–Crippen MR) is 83.1 cm³/mol. The van der Waals surface area contributed by atoms with Crippen LogP contribution in [0.5, 0.6) is 0 Å². The zero-order chi connectivity index (χ0) is 15.1. The number of hydrogen-bond acceptors (Lipinski definition) is 6. The quantitative estimate of drug-likeness (QED) is 0.614. The number of carbonyl (C=O) groups is 1. The van der Waals surface area contributed by atoms with Crippen molar-refractivity contribution in [2.24, 2.45) is 0 Å². The molecule has 22 heavy (non-hydrogen) atoms. The zero-order valence-corrected chi connectivity index (χ0v) is 12.3. The molecule has 1 aromatic carbocycles. The second kappa shape index (κ2) is 4.85. The molecule has 0 spiro atoms. The number of anilines is 1. The molecule has 1 amide bonds. The molecule has 3 heterocycles. The van der Waals surface area contributed by atoms with Crippen LogP contribution in [-0.2, 0) is 0 Å². The molecule has 108 valence electrons. The molecular weight excluding hydrogens is 300 g/mol. The molecule has 0 saturated carbocycles. The summed E-state index contributed by atoms with van der Waals surface area (Å²) in [5, 5.41) is 7.36. The molecule has 0 fully saturated rings. The number of thiazole rings is 1.